The third kappa shape index (κ3) is 7.88. The topological polar surface area (TPSA) is 86.8 Å². The van der Waals surface area contributed by atoms with Crippen molar-refractivity contribution in [3.63, 3.8) is 0 Å². The highest BCUT2D eigenvalue weighted by Gasteiger charge is 2.34. The van der Waals surface area contributed by atoms with Gasteiger partial charge in [0.05, 0.1) is 15.6 Å². The molecule has 0 aliphatic carbocycles. The average Bonchev–Trinajstić information content (AvgIpc) is 2.93. The van der Waals surface area contributed by atoms with Crippen molar-refractivity contribution in [2.45, 2.75) is 44.2 Å². The molecular weight excluding hydrogens is 581 g/mol. The highest BCUT2D eigenvalue weighted by atomic mass is 35.5. The molecule has 1 atom stereocenters. The van der Waals surface area contributed by atoms with Crippen LogP contribution in [0.1, 0.15) is 32.3 Å². The molecule has 1 N–H and O–H groups in total. The number of carbonyl (C=O) groups is 2. The van der Waals surface area contributed by atoms with Gasteiger partial charge >= 0.3 is 0 Å². The fourth-order valence-electron chi connectivity index (χ4n) is 3.98. The first-order chi connectivity index (χ1) is 18.6. The van der Waals surface area contributed by atoms with E-state index >= 15 is 0 Å². The number of anilines is 1. The summed E-state index contributed by atoms with van der Waals surface area (Å²) in [6.07, 6.45) is 1.04. The zero-order valence-electron chi connectivity index (χ0n) is 21.6. The molecule has 11 heteroatoms. The molecule has 0 saturated heterocycles. The number of carbonyl (C=O) groups excluding carboxylic acids is 2. The molecule has 39 heavy (non-hydrogen) atoms. The van der Waals surface area contributed by atoms with Gasteiger partial charge in [-0.2, -0.15) is 0 Å². The van der Waals surface area contributed by atoms with Gasteiger partial charge in [-0.3, -0.25) is 13.9 Å². The van der Waals surface area contributed by atoms with E-state index in [4.69, 9.17) is 34.8 Å². The number of amides is 2. The molecule has 0 aliphatic rings. The molecule has 0 fully saturated rings. The Balaban J connectivity index is 2.07. The molecule has 2 amide bonds. The normalized spacial score (nSPS) is 12.0. The average molecular weight is 611 g/mol. The van der Waals surface area contributed by atoms with Crippen LogP contribution in [0.25, 0.3) is 0 Å². The minimum atomic E-state index is -4.24. The van der Waals surface area contributed by atoms with Crippen LogP contribution < -0.4 is 9.62 Å². The molecule has 3 rings (SSSR count). The van der Waals surface area contributed by atoms with E-state index in [1.807, 2.05) is 6.92 Å². The summed E-state index contributed by atoms with van der Waals surface area (Å²) in [5.41, 5.74) is 0.782. The predicted molar refractivity (Wildman–Crippen MR) is 157 cm³/mol. The molecule has 3 aromatic carbocycles. The summed E-state index contributed by atoms with van der Waals surface area (Å²) in [5, 5.41) is 3.72. The molecule has 0 bridgehead atoms. The van der Waals surface area contributed by atoms with Crippen molar-refractivity contribution in [2.75, 3.05) is 17.4 Å². The summed E-state index contributed by atoms with van der Waals surface area (Å²) >= 11 is 18.7. The second-order valence-electron chi connectivity index (χ2n) is 8.78. The van der Waals surface area contributed by atoms with Gasteiger partial charge in [0.15, 0.2) is 0 Å². The fraction of sp³-hybridized carbons (Fsp3) is 0.286. The van der Waals surface area contributed by atoms with Crippen molar-refractivity contribution >= 4 is 62.3 Å². The molecule has 7 nitrogen and oxygen atoms in total. The molecule has 0 unspecified atom stereocenters. The minimum absolute atomic E-state index is 0.0224. The maximum Gasteiger partial charge on any atom is 0.264 e. The van der Waals surface area contributed by atoms with E-state index in [0.717, 1.165) is 16.3 Å². The van der Waals surface area contributed by atoms with Crippen LogP contribution in [0.5, 0.6) is 0 Å². The number of hydrogen-bond donors (Lipinski definition) is 1. The number of halogens is 3. The van der Waals surface area contributed by atoms with E-state index < -0.39 is 28.5 Å². The largest absolute Gasteiger partial charge is 0.354 e. The van der Waals surface area contributed by atoms with Gasteiger partial charge in [-0.15, -0.1) is 0 Å². The maximum atomic E-state index is 14.0. The van der Waals surface area contributed by atoms with Gasteiger partial charge in [-0.25, -0.2) is 8.42 Å². The van der Waals surface area contributed by atoms with Gasteiger partial charge in [0.2, 0.25) is 11.8 Å². The molecule has 0 radical (unpaired) electrons. The Morgan fingerprint density at radius 3 is 2.15 bits per heavy atom. The number of benzene rings is 3. The lowest BCUT2D eigenvalue weighted by molar-refractivity contribution is -0.140. The van der Waals surface area contributed by atoms with Crippen LogP contribution in [0.3, 0.4) is 0 Å². The summed E-state index contributed by atoms with van der Waals surface area (Å²) in [7, 11) is -4.24. The van der Waals surface area contributed by atoms with Gasteiger partial charge in [-0.05, 0) is 60.9 Å². The molecule has 208 valence electrons. The molecule has 0 saturated carbocycles. The van der Waals surface area contributed by atoms with E-state index in [1.54, 1.807) is 49.4 Å². The van der Waals surface area contributed by atoms with Gasteiger partial charge in [0.1, 0.15) is 12.6 Å². The van der Waals surface area contributed by atoms with E-state index in [0.29, 0.717) is 18.0 Å². The van der Waals surface area contributed by atoms with Crippen LogP contribution in [0.4, 0.5) is 5.69 Å². The van der Waals surface area contributed by atoms with Crippen LogP contribution in [-0.2, 0) is 26.2 Å². The monoisotopic (exact) mass is 609 g/mol. The lowest BCUT2D eigenvalue weighted by atomic mass is 10.1. The molecule has 3 aromatic rings. The van der Waals surface area contributed by atoms with E-state index in [9.17, 15) is 18.0 Å². The van der Waals surface area contributed by atoms with Crippen LogP contribution in [-0.4, -0.2) is 44.3 Å². The third-order valence-corrected chi connectivity index (χ3v) is 8.57. The highest BCUT2D eigenvalue weighted by molar-refractivity contribution is 7.92. The molecule has 0 aromatic heterocycles. The van der Waals surface area contributed by atoms with E-state index in [-0.39, 0.29) is 33.1 Å². The summed E-state index contributed by atoms with van der Waals surface area (Å²) in [5.74, 6) is -0.904. The van der Waals surface area contributed by atoms with Gasteiger partial charge in [-0.1, -0.05) is 79.0 Å². The van der Waals surface area contributed by atoms with Crippen molar-refractivity contribution in [2.24, 2.45) is 0 Å². The summed E-state index contributed by atoms with van der Waals surface area (Å²) in [6, 6.07) is 18.2. The van der Waals surface area contributed by atoms with Crippen molar-refractivity contribution in [3.05, 3.63) is 93.4 Å². The predicted octanol–water partition coefficient (Wildman–Crippen LogP) is 6.18. The molecule has 0 heterocycles. The Morgan fingerprint density at radius 2 is 1.54 bits per heavy atom. The molecule has 0 aliphatic heterocycles. The Kier molecular flexibility index (Phi) is 11.1. The number of rotatable bonds is 12. The highest BCUT2D eigenvalue weighted by Crippen LogP contribution is 2.33. The first-order valence-electron chi connectivity index (χ1n) is 12.4. The molecular formula is C28H30Cl3N3O4S. The van der Waals surface area contributed by atoms with Gasteiger partial charge in [0.25, 0.3) is 10.0 Å². The van der Waals surface area contributed by atoms with Gasteiger partial charge in [0, 0.05) is 23.1 Å². The second kappa shape index (κ2) is 14.0. The summed E-state index contributed by atoms with van der Waals surface area (Å²) < 4.78 is 28.6. The number of sulfonamides is 1. The first-order valence-corrected chi connectivity index (χ1v) is 15.0. The zero-order chi connectivity index (χ0) is 28.6. The smallest absolute Gasteiger partial charge is 0.264 e. The second-order valence-corrected chi connectivity index (χ2v) is 11.9. The summed E-state index contributed by atoms with van der Waals surface area (Å²) in [6.45, 7) is 3.63. The number of nitrogens with zero attached hydrogens (tertiary/aromatic N) is 2. The lowest BCUT2D eigenvalue weighted by Crippen LogP contribution is -2.52. The third-order valence-electron chi connectivity index (χ3n) is 5.99. The van der Waals surface area contributed by atoms with Crippen molar-refractivity contribution in [3.8, 4) is 0 Å². The minimum Gasteiger partial charge on any atom is -0.354 e. The number of nitrogens with one attached hydrogen (secondary N) is 1. The van der Waals surface area contributed by atoms with Crippen molar-refractivity contribution in [1.29, 1.82) is 0 Å². The Labute approximate surface area is 244 Å². The lowest BCUT2D eigenvalue weighted by Gasteiger charge is -2.33. The van der Waals surface area contributed by atoms with E-state index in [1.165, 1.54) is 35.2 Å². The summed E-state index contributed by atoms with van der Waals surface area (Å²) in [4.78, 5) is 28.5. The Hall–Kier alpha value is -2.78. The van der Waals surface area contributed by atoms with Crippen LogP contribution in [0.2, 0.25) is 15.1 Å². The van der Waals surface area contributed by atoms with Crippen LogP contribution >= 0.6 is 34.8 Å². The Bertz CT molecular complexity index is 1390. The standard InChI is InChI=1S/C28H30Cl3N3O4S/c1-3-16-32-28(36)25(4-2)33(18-20-10-12-21(29)13-11-20)27(35)19-34(26-17-22(30)14-15-24(26)31)39(37,38)23-8-6-5-7-9-23/h5-15,17,25H,3-4,16,18-19H2,1-2H3,(H,32,36)/t25-/m0/s1. The maximum absolute atomic E-state index is 14.0. The van der Waals surface area contributed by atoms with Crippen LogP contribution in [0, 0.1) is 0 Å². The zero-order valence-corrected chi connectivity index (χ0v) is 24.7. The Morgan fingerprint density at radius 1 is 0.897 bits per heavy atom. The fourth-order valence-corrected chi connectivity index (χ4v) is 5.99. The first kappa shape index (κ1) is 30.8. The molecule has 0 spiro atoms. The SMILES string of the molecule is CCCNC(=O)[C@H](CC)N(Cc1ccc(Cl)cc1)C(=O)CN(c1cc(Cl)ccc1Cl)S(=O)(=O)c1ccccc1. The van der Waals surface area contributed by atoms with Gasteiger partial charge < -0.3 is 10.2 Å². The quantitative estimate of drug-likeness (QED) is 0.266. The van der Waals surface area contributed by atoms with Crippen LogP contribution in [0.15, 0.2) is 77.7 Å². The number of hydrogen-bond acceptors (Lipinski definition) is 4. The van der Waals surface area contributed by atoms with E-state index in [2.05, 4.69) is 5.32 Å². The van der Waals surface area contributed by atoms with Crippen molar-refractivity contribution < 1.29 is 18.0 Å². The van der Waals surface area contributed by atoms with Crippen molar-refractivity contribution in [1.82, 2.24) is 10.2 Å².